The predicted molar refractivity (Wildman–Crippen MR) is 134 cm³/mol. The minimum atomic E-state index is -0.569. The number of hydrogen-bond donors (Lipinski definition) is 0. The molecule has 1 aromatic heterocycles. The molecular formula is C28H25FN4O3. The number of anilines is 1. The molecule has 1 atom stereocenters. The van der Waals surface area contributed by atoms with Crippen LogP contribution in [-0.4, -0.2) is 46.4 Å². The lowest BCUT2D eigenvalue weighted by Gasteiger charge is -2.23. The Morgan fingerprint density at radius 1 is 1.00 bits per heavy atom. The molecule has 6 rings (SSSR count). The smallest absolute Gasteiger partial charge is 0.357 e. The highest BCUT2D eigenvalue weighted by atomic mass is 19.1. The highest BCUT2D eigenvalue weighted by Gasteiger charge is 2.52. The molecule has 4 aromatic rings. The second kappa shape index (κ2) is 8.57. The zero-order valence-corrected chi connectivity index (χ0v) is 19.9. The van der Waals surface area contributed by atoms with E-state index in [1.165, 1.54) is 12.1 Å². The van der Waals surface area contributed by atoms with E-state index >= 15 is 0 Å². The topological polar surface area (TPSA) is 67.7 Å². The van der Waals surface area contributed by atoms with Gasteiger partial charge in [0.05, 0.1) is 16.5 Å². The monoisotopic (exact) mass is 484 g/mol. The number of aromatic nitrogens is 2. The Labute approximate surface area is 207 Å². The van der Waals surface area contributed by atoms with E-state index in [0.29, 0.717) is 38.0 Å². The Hall–Kier alpha value is -4.04. The summed E-state index contributed by atoms with van der Waals surface area (Å²) in [4.78, 5) is 33.6. The minimum absolute atomic E-state index is 0.0485. The van der Waals surface area contributed by atoms with Crippen LogP contribution >= 0.6 is 0 Å². The molecule has 0 unspecified atom stereocenters. The Balaban J connectivity index is 1.24. The maximum Gasteiger partial charge on any atom is 0.357 e. The van der Waals surface area contributed by atoms with E-state index in [1.54, 1.807) is 46.1 Å². The van der Waals surface area contributed by atoms with Crippen molar-refractivity contribution in [3.8, 4) is 11.3 Å². The third kappa shape index (κ3) is 3.74. The maximum absolute atomic E-state index is 13.7. The van der Waals surface area contributed by atoms with Crippen LogP contribution in [0, 0.1) is 11.2 Å². The van der Waals surface area contributed by atoms with E-state index in [4.69, 9.17) is 4.84 Å². The molecule has 8 heteroatoms. The molecular weight excluding hydrogens is 459 g/mol. The molecule has 0 aliphatic carbocycles. The number of nitrogens with zero attached hydrogens (tertiary/aromatic N) is 4. The maximum atomic E-state index is 13.7. The zero-order valence-electron chi connectivity index (χ0n) is 19.9. The number of carbonyl (C=O) groups is 2. The van der Waals surface area contributed by atoms with Gasteiger partial charge in [-0.1, -0.05) is 18.2 Å². The average Bonchev–Trinajstić information content (AvgIpc) is 3.56. The van der Waals surface area contributed by atoms with Gasteiger partial charge in [0.15, 0.2) is 0 Å². The lowest BCUT2D eigenvalue weighted by atomic mass is 9.86. The number of amides is 1. The van der Waals surface area contributed by atoms with Crippen LogP contribution in [0.4, 0.5) is 10.1 Å². The van der Waals surface area contributed by atoms with Crippen LogP contribution < -0.4 is 4.90 Å². The van der Waals surface area contributed by atoms with E-state index in [-0.39, 0.29) is 11.7 Å². The van der Waals surface area contributed by atoms with E-state index < -0.39 is 11.4 Å². The molecule has 182 valence electrons. The first-order valence-electron chi connectivity index (χ1n) is 12.0. The van der Waals surface area contributed by atoms with Crippen molar-refractivity contribution < 1.29 is 18.8 Å². The number of fused-ring (bicyclic) bond motifs is 1. The van der Waals surface area contributed by atoms with E-state index in [0.717, 1.165) is 27.8 Å². The molecule has 2 saturated heterocycles. The van der Waals surface area contributed by atoms with Crippen LogP contribution in [0.25, 0.3) is 22.2 Å². The van der Waals surface area contributed by atoms with Crippen molar-refractivity contribution in [2.24, 2.45) is 12.5 Å². The SMILES string of the molecule is Cn1nc(-c2ccc(F)cc2)c2cc(N3CC[C@]4(CCN(OC(=O)c5ccccc5)C4)C3=O)ccc21. The molecule has 3 heterocycles. The van der Waals surface area contributed by atoms with Gasteiger partial charge < -0.3 is 9.74 Å². The molecule has 1 spiro atoms. The van der Waals surface area contributed by atoms with Gasteiger partial charge in [0.2, 0.25) is 5.91 Å². The molecule has 0 radical (unpaired) electrons. The Morgan fingerprint density at radius 3 is 2.53 bits per heavy atom. The zero-order chi connectivity index (χ0) is 24.9. The summed E-state index contributed by atoms with van der Waals surface area (Å²) in [5, 5.41) is 7.17. The van der Waals surface area contributed by atoms with Gasteiger partial charge >= 0.3 is 5.97 Å². The van der Waals surface area contributed by atoms with Gasteiger partial charge in [-0.05, 0) is 67.4 Å². The third-order valence-electron chi connectivity index (χ3n) is 7.32. The molecule has 2 fully saturated rings. The van der Waals surface area contributed by atoms with Crippen molar-refractivity contribution in [3.05, 3.63) is 84.2 Å². The normalized spacial score (nSPS) is 20.1. The fourth-order valence-electron chi connectivity index (χ4n) is 5.34. The quantitative estimate of drug-likeness (QED) is 0.424. The summed E-state index contributed by atoms with van der Waals surface area (Å²) in [5.74, 6) is -0.662. The van der Waals surface area contributed by atoms with Gasteiger partial charge in [-0.25, -0.2) is 9.18 Å². The van der Waals surface area contributed by atoms with Crippen LogP contribution in [0.15, 0.2) is 72.8 Å². The fraction of sp³-hybridized carbons (Fsp3) is 0.250. The molecule has 0 bridgehead atoms. The number of carbonyl (C=O) groups excluding carboxylic acids is 2. The molecule has 2 aliphatic rings. The van der Waals surface area contributed by atoms with E-state index in [2.05, 4.69) is 5.10 Å². The molecule has 3 aromatic carbocycles. The molecule has 2 aliphatic heterocycles. The standard InChI is InChI=1S/C28H25FN4O3/c1-31-24-12-11-22(17-23(24)25(30-31)19-7-9-21(29)10-8-19)33-16-14-28(27(33)35)13-15-32(18-28)36-26(34)20-5-3-2-4-6-20/h2-12,17H,13-16,18H2,1H3/t28-/m0/s1. The van der Waals surface area contributed by atoms with Gasteiger partial charge in [0.1, 0.15) is 11.5 Å². The van der Waals surface area contributed by atoms with Crippen molar-refractivity contribution >= 4 is 28.5 Å². The van der Waals surface area contributed by atoms with Crippen LogP contribution in [0.3, 0.4) is 0 Å². The number of rotatable bonds is 4. The van der Waals surface area contributed by atoms with Crippen molar-refractivity contribution in [2.75, 3.05) is 24.5 Å². The van der Waals surface area contributed by atoms with Gasteiger partial charge in [0.25, 0.3) is 0 Å². The van der Waals surface area contributed by atoms with Crippen molar-refractivity contribution in [1.29, 1.82) is 0 Å². The summed E-state index contributed by atoms with van der Waals surface area (Å²) in [6.45, 7) is 1.50. The second-order valence-corrected chi connectivity index (χ2v) is 9.53. The summed E-state index contributed by atoms with van der Waals surface area (Å²) in [7, 11) is 1.87. The highest BCUT2D eigenvalue weighted by Crippen LogP contribution is 2.43. The first-order valence-corrected chi connectivity index (χ1v) is 12.0. The Bertz CT molecular complexity index is 1470. The van der Waals surface area contributed by atoms with Crippen LogP contribution in [0.5, 0.6) is 0 Å². The number of hydrogen-bond acceptors (Lipinski definition) is 5. The number of hydroxylamine groups is 2. The van der Waals surface area contributed by atoms with Crippen LogP contribution in [-0.2, 0) is 16.7 Å². The third-order valence-corrected chi connectivity index (χ3v) is 7.32. The van der Waals surface area contributed by atoms with Crippen molar-refractivity contribution in [1.82, 2.24) is 14.8 Å². The van der Waals surface area contributed by atoms with Crippen molar-refractivity contribution in [3.63, 3.8) is 0 Å². The Kier molecular flexibility index (Phi) is 5.34. The lowest BCUT2D eigenvalue weighted by Crippen LogP contribution is -2.37. The second-order valence-electron chi connectivity index (χ2n) is 9.53. The summed E-state index contributed by atoms with van der Waals surface area (Å²) in [6.07, 6.45) is 1.33. The largest absolute Gasteiger partial charge is 0.364 e. The number of aryl methyl sites for hydroxylation is 1. The summed E-state index contributed by atoms with van der Waals surface area (Å²) >= 11 is 0. The van der Waals surface area contributed by atoms with Gasteiger partial charge in [-0.2, -0.15) is 5.10 Å². The summed E-state index contributed by atoms with van der Waals surface area (Å²) in [6, 6.07) is 21.0. The minimum Gasteiger partial charge on any atom is -0.364 e. The Morgan fingerprint density at radius 2 is 1.75 bits per heavy atom. The number of halogens is 1. The first-order chi connectivity index (χ1) is 17.4. The van der Waals surface area contributed by atoms with Gasteiger partial charge in [-0.3, -0.25) is 9.48 Å². The van der Waals surface area contributed by atoms with E-state index in [9.17, 15) is 14.0 Å². The number of benzene rings is 3. The first kappa shape index (κ1) is 22.4. The van der Waals surface area contributed by atoms with Gasteiger partial charge in [-0.15, -0.1) is 5.06 Å². The lowest BCUT2D eigenvalue weighted by molar-refractivity contribution is -0.129. The highest BCUT2D eigenvalue weighted by molar-refractivity contribution is 6.03. The molecule has 7 nitrogen and oxygen atoms in total. The molecule has 1 amide bonds. The van der Waals surface area contributed by atoms with Crippen LogP contribution in [0.2, 0.25) is 0 Å². The predicted octanol–water partition coefficient (Wildman–Crippen LogP) is 4.58. The molecule has 36 heavy (non-hydrogen) atoms. The summed E-state index contributed by atoms with van der Waals surface area (Å²) in [5.41, 5.74) is 3.21. The fourth-order valence-corrected chi connectivity index (χ4v) is 5.34. The van der Waals surface area contributed by atoms with Crippen LogP contribution in [0.1, 0.15) is 23.2 Å². The molecule has 0 N–H and O–H groups in total. The summed E-state index contributed by atoms with van der Waals surface area (Å²) < 4.78 is 15.3. The van der Waals surface area contributed by atoms with Crippen molar-refractivity contribution in [2.45, 2.75) is 12.8 Å². The van der Waals surface area contributed by atoms with E-state index in [1.807, 2.05) is 36.2 Å². The average molecular weight is 485 g/mol. The molecule has 0 saturated carbocycles. The van der Waals surface area contributed by atoms with Gasteiger partial charge in [0, 0.05) is 43.3 Å².